The van der Waals surface area contributed by atoms with E-state index in [4.69, 9.17) is 0 Å². The number of hydrogen-bond acceptors (Lipinski definition) is 1. The third-order valence-corrected chi connectivity index (χ3v) is 1.52. The van der Waals surface area contributed by atoms with Gasteiger partial charge in [-0.05, 0) is 26.3 Å². The Hall–Kier alpha value is -1.11. The minimum Gasteiger partial charge on any atom is -0.295 e. The highest BCUT2D eigenvalue weighted by Gasteiger charge is 2.02. The van der Waals surface area contributed by atoms with Crippen LogP contribution in [-0.4, -0.2) is 5.78 Å². The van der Waals surface area contributed by atoms with Crippen molar-refractivity contribution in [3.63, 3.8) is 0 Å². The number of allylic oxidation sites excluding steroid dienone is 5. The largest absolute Gasteiger partial charge is 0.295 e. The van der Waals surface area contributed by atoms with E-state index < -0.39 is 0 Å². The first kappa shape index (κ1) is 9.89. The summed E-state index contributed by atoms with van der Waals surface area (Å²) in [5.74, 6) is 0.0838. The van der Waals surface area contributed by atoms with Gasteiger partial charge in [-0.25, -0.2) is 0 Å². The average molecular weight is 150 g/mol. The molecule has 0 aliphatic heterocycles. The zero-order valence-corrected chi connectivity index (χ0v) is 7.35. The molecule has 0 spiro atoms. The standard InChI is InChI=1S/C10H14O/c1-5-7-10(9(4)11)8(3)6-2/h5-7H,1H2,2-4H3/b8-6-,10-7+. The SMILES string of the molecule is C=C/C=C(C(C)=O)\C(C)=C/C. The minimum atomic E-state index is 0.0838. The van der Waals surface area contributed by atoms with E-state index in [-0.39, 0.29) is 5.78 Å². The predicted molar refractivity (Wildman–Crippen MR) is 48.4 cm³/mol. The average Bonchev–Trinajstić information content (AvgIpc) is 1.98. The molecule has 0 atom stereocenters. The molecular weight excluding hydrogens is 136 g/mol. The van der Waals surface area contributed by atoms with Gasteiger partial charge in [0.15, 0.2) is 5.78 Å². The Morgan fingerprint density at radius 3 is 2.18 bits per heavy atom. The molecule has 0 aromatic heterocycles. The number of hydrogen-bond donors (Lipinski definition) is 0. The van der Waals surface area contributed by atoms with Crippen LogP contribution >= 0.6 is 0 Å². The summed E-state index contributed by atoms with van der Waals surface area (Å²) in [6.45, 7) is 8.93. The van der Waals surface area contributed by atoms with Crippen LogP contribution < -0.4 is 0 Å². The second-order valence-corrected chi connectivity index (χ2v) is 2.34. The molecule has 0 radical (unpaired) electrons. The van der Waals surface area contributed by atoms with E-state index in [1.165, 1.54) is 0 Å². The van der Waals surface area contributed by atoms with Gasteiger partial charge in [0.25, 0.3) is 0 Å². The predicted octanol–water partition coefficient (Wildman–Crippen LogP) is 2.65. The summed E-state index contributed by atoms with van der Waals surface area (Å²) in [6.07, 6.45) is 5.28. The summed E-state index contributed by atoms with van der Waals surface area (Å²) in [4.78, 5) is 11.0. The molecule has 0 aliphatic rings. The highest BCUT2D eigenvalue weighted by Crippen LogP contribution is 2.09. The Morgan fingerprint density at radius 2 is 1.91 bits per heavy atom. The fourth-order valence-corrected chi connectivity index (χ4v) is 0.800. The molecule has 1 nitrogen and oxygen atoms in total. The van der Waals surface area contributed by atoms with Gasteiger partial charge in [0.05, 0.1) is 0 Å². The lowest BCUT2D eigenvalue weighted by molar-refractivity contribution is -0.113. The summed E-state index contributed by atoms with van der Waals surface area (Å²) < 4.78 is 0. The number of carbonyl (C=O) groups is 1. The fraction of sp³-hybridized carbons (Fsp3) is 0.300. The Bertz CT molecular complexity index is 219. The van der Waals surface area contributed by atoms with Gasteiger partial charge in [-0.15, -0.1) is 0 Å². The van der Waals surface area contributed by atoms with E-state index in [0.717, 1.165) is 11.1 Å². The van der Waals surface area contributed by atoms with Gasteiger partial charge >= 0.3 is 0 Å². The molecular formula is C10H14O. The van der Waals surface area contributed by atoms with Crippen LogP contribution in [-0.2, 0) is 4.79 Å². The zero-order valence-electron chi connectivity index (χ0n) is 7.35. The highest BCUT2D eigenvalue weighted by molar-refractivity contribution is 5.97. The van der Waals surface area contributed by atoms with Gasteiger partial charge in [-0.1, -0.05) is 24.8 Å². The first-order valence-corrected chi connectivity index (χ1v) is 3.60. The maximum Gasteiger partial charge on any atom is 0.160 e. The molecule has 0 amide bonds. The molecule has 11 heavy (non-hydrogen) atoms. The monoisotopic (exact) mass is 150 g/mol. The van der Waals surface area contributed by atoms with Gasteiger partial charge in [-0.2, -0.15) is 0 Å². The van der Waals surface area contributed by atoms with E-state index in [0.29, 0.717) is 0 Å². The summed E-state index contributed by atoms with van der Waals surface area (Å²) in [6, 6.07) is 0. The molecule has 0 saturated heterocycles. The smallest absolute Gasteiger partial charge is 0.160 e. The third-order valence-electron chi connectivity index (χ3n) is 1.52. The zero-order chi connectivity index (χ0) is 8.85. The topological polar surface area (TPSA) is 17.1 Å². The number of ketones is 1. The molecule has 0 N–H and O–H groups in total. The van der Waals surface area contributed by atoms with Crippen molar-refractivity contribution in [2.75, 3.05) is 0 Å². The number of rotatable bonds is 3. The van der Waals surface area contributed by atoms with Gasteiger partial charge in [-0.3, -0.25) is 4.79 Å². The van der Waals surface area contributed by atoms with Crippen molar-refractivity contribution in [2.24, 2.45) is 0 Å². The van der Waals surface area contributed by atoms with Crippen molar-refractivity contribution >= 4 is 5.78 Å². The van der Waals surface area contributed by atoms with Crippen molar-refractivity contribution < 1.29 is 4.79 Å². The second-order valence-electron chi connectivity index (χ2n) is 2.34. The maximum atomic E-state index is 11.0. The van der Waals surface area contributed by atoms with Crippen molar-refractivity contribution in [3.8, 4) is 0 Å². The second kappa shape index (κ2) is 4.67. The lowest BCUT2D eigenvalue weighted by Crippen LogP contribution is -1.97. The number of Topliss-reactive ketones (excluding diaryl/α,β-unsaturated/α-hetero) is 1. The van der Waals surface area contributed by atoms with Crippen LogP contribution in [0, 0.1) is 0 Å². The van der Waals surface area contributed by atoms with Gasteiger partial charge in [0, 0.05) is 5.57 Å². The van der Waals surface area contributed by atoms with Crippen LogP contribution in [0.15, 0.2) is 36.0 Å². The van der Waals surface area contributed by atoms with Gasteiger partial charge in [0.2, 0.25) is 0 Å². The fourth-order valence-electron chi connectivity index (χ4n) is 0.800. The van der Waals surface area contributed by atoms with Crippen LogP contribution in [0.4, 0.5) is 0 Å². The summed E-state index contributed by atoms with van der Waals surface area (Å²) >= 11 is 0. The molecule has 0 aromatic rings. The maximum absolute atomic E-state index is 11.0. The Labute approximate surface area is 68.1 Å². The van der Waals surface area contributed by atoms with Crippen molar-refractivity contribution in [2.45, 2.75) is 20.8 Å². The molecule has 0 heterocycles. The molecule has 0 aromatic carbocycles. The van der Waals surface area contributed by atoms with Crippen LogP contribution in [0.2, 0.25) is 0 Å². The Balaban J connectivity index is 4.76. The molecule has 0 unspecified atom stereocenters. The molecule has 0 aliphatic carbocycles. The first-order chi connectivity index (χ1) is 5.13. The van der Waals surface area contributed by atoms with E-state index in [1.807, 2.05) is 19.9 Å². The summed E-state index contributed by atoms with van der Waals surface area (Å²) in [5.41, 5.74) is 1.74. The van der Waals surface area contributed by atoms with Crippen LogP contribution in [0.3, 0.4) is 0 Å². The van der Waals surface area contributed by atoms with E-state index in [1.54, 1.807) is 19.1 Å². The van der Waals surface area contributed by atoms with Crippen LogP contribution in [0.5, 0.6) is 0 Å². The van der Waals surface area contributed by atoms with Crippen molar-refractivity contribution in [1.29, 1.82) is 0 Å². The molecule has 60 valence electrons. The third kappa shape index (κ3) is 2.99. The number of carbonyl (C=O) groups excluding carboxylic acids is 1. The lowest BCUT2D eigenvalue weighted by atomic mass is 10.0. The quantitative estimate of drug-likeness (QED) is 0.446. The lowest BCUT2D eigenvalue weighted by Gasteiger charge is -2.00. The van der Waals surface area contributed by atoms with Crippen LogP contribution in [0.1, 0.15) is 20.8 Å². The first-order valence-electron chi connectivity index (χ1n) is 3.60. The van der Waals surface area contributed by atoms with E-state index in [2.05, 4.69) is 6.58 Å². The van der Waals surface area contributed by atoms with E-state index in [9.17, 15) is 4.79 Å². The summed E-state index contributed by atoms with van der Waals surface area (Å²) in [7, 11) is 0. The Kier molecular flexibility index (Phi) is 4.20. The van der Waals surface area contributed by atoms with Gasteiger partial charge in [0.1, 0.15) is 0 Å². The summed E-state index contributed by atoms with van der Waals surface area (Å²) in [5, 5.41) is 0. The van der Waals surface area contributed by atoms with E-state index >= 15 is 0 Å². The van der Waals surface area contributed by atoms with Crippen LogP contribution in [0.25, 0.3) is 0 Å². The highest BCUT2D eigenvalue weighted by atomic mass is 16.1. The normalized spacial score (nSPS) is 13.0. The van der Waals surface area contributed by atoms with Crippen molar-refractivity contribution in [3.05, 3.63) is 36.0 Å². The molecule has 0 rings (SSSR count). The molecule has 1 heteroatoms. The molecule has 0 saturated carbocycles. The molecule has 0 fully saturated rings. The Morgan fingerprint density at radius 1 is 1.36 bits per heavy atom. The molecule has 0 bridgehead atoms. The van der Waals surface area contributed by atoms with Gasteiger partial charge < -0.3 is 0 Å². The minimum absolute atomic E-state index is 0.0838. The van der Waals surface area contributed by atoms with Crippen molar-refractivity contribution in [1.82, 2.24) is 0 Å².